The van der Waals surface area contributed by atoms with Gasteiger partial charge in [0, 0.05) is 6.54 Å². The topological polar surface area (TPSA) is 24.6 Å². The van der Waals surface area contributed by atoms with Crippen LogP contribution in [0.5, 0.6) is 0 Å². The van der Waals surface area contributed by atoms with Gasteiger partial charge in [-0.15, -0.1) is 0 Å². The van der Waals surface area contributed by atoms with Crippen LogP contribution in [0.1, 0.15) is 18.5 Å². The molecule has 1 saturated heterocycles. The van der Waals surface area contributed by atoms with Crippen molar-refractivity contribution in [1.29, 1.82) is 0 Å². The summed E-state index contributed by atoms with van der Waals surface area (Å²) in [5.41, 5.74) is 1.51. The lowest BCUT2D eigenvalue weighted by atomic mass is 9.82. The van der Waals surface area contributed by atoms with E-state index in [1.54, 1.807) is 0 Å². The maximum atomic E-state index is 7.23. The van der Waals surface area contributed by atoms with E-state index in [4.69, 9.17) is 6.57 Å². The highest BCUT2D eigenvalue weighted by Gasteiger charge is 2.44. The molecule has 0 aliphatic carbocycles. The predicted molar refractivity (Wildman–Crippen MR) is 67.1 cm³/mol. The molecule has 90 valence electrons. The first-order valence-electron chi connectivity index (χ1n) is 6.27. The summed E-state index contributed by atoms with van der Waals surface area (Å²) >= 11 is 0. The lowest BCUT2D eigenvalue weighted by Crippen LogP contribution is -2.55. The molecule has 3 heterocycles. The molecule has 1 spiro atoms. The number of nitrogens with zero attached hydrogens (tertiary/aromatic N) is 3. The highest BCUT2D eigenvalue weighted by molar-refractivity contribution is 5.44. The van der Waals surface area contributed by atoms with E-state index in [0.29, 0.717) is 0 Å². The van der Waals surface area contributed by atoms with Crippen molar-refractivity contribution in [3.63, 3.8) is 0 Å². The van der Waals surface area contributed by atoms with Crippen molar-refractivity contribution < 1.29 is 0 Å². The molecule has 0 radical (unpaired) electrons. The lowest BCUT2D eigenvalue weighted by Gasteiger charge is -2.46. The molecule has 2 aliphatic rings. The van der Waals surface area contributed by atoms with E-state index in [9.17, 15) is 0 Å². The Labute approximate surface area is 102 Å². The van der Waals surface area contributed by atoms with E-state index in [1.807, 2.05) is 6.07 Å². The summed E-state index contributed by atoms with van der Waals surface area (Å²) in [6.45, 7) is 11.4. The Hall–Kier alpha value is -1.31. The summed E-state index contributed by atoms with van der Waals surface area (Å²) in [5.74, 6) is 0.797. The van der Waals surface area contributed by atoms with Gasteiger partial charge in [-0.25, -0.2) is 0 Å². The second-order valence-electron chi connectivity index (χ2n) is 5.04. The van der Waals surface area contributed by atoms with Gasteiger partial charge >= 0.3 is 0 Å². The molecular formula is C13H18N4. The average molecular weight is 230 g/mol. The third kappa shape index (κ3) is 1.43. The molecule has 2 aliphatic heterocycles. The number of rotatable bonds is 0. The molecule has 0 amide bonds. The minimum absolute atomic E-state index is 0.159. The largest absolute Gasteiger partial charge is 0.364 e. The number of fused-ring (bicyclic) bond motifs is 2. The van der Waals surface area contributed by atoms with Crippen LogP contribution in [0.25, 0.3) is 4.85 Å². The molecule has 1 N–H and O–H groups in total. The van der Waals surface area contributed by atoms with Crippen LogP contribution in [0.3, 0.4) is 0 Å². The number of hydrogen-bond acceptors (Lipinski definition) is 2. The summed E-state index contributed by atoms with van der Waals surface area (Å²) in [6.07, 6.45) is 2.29. The Morgan fingerprint density at radius 3 is 2.76 bits per heavy atom. The number of likely N-dealkylation sites (N-methyl/N-ethyl adjacent to an activating group) is 1. The van der Waals surface area contributed by atoms with Crippen LogP contribution < -0.4 is 5.32 Å². The molecule has 0 bridgehead atoms. The zero-order valence-electron chi connectivity index (χ0n) is 10.2. The van der Waals surface area contributed by atoms with E-state index in [2.05, 4.69) is 32.7 Å². The summed E-state index contributed by atoms with van der Waals surface area (Å²) in [4.78, 5) is 6.11. The van der Waals surface area contributed by atoms with Crippen LogP contribution in [-0.4, -0.2) is 36.1 Å². The Balaban J connectivity index is 2.10. The smallest absolute Gasteiger partial charge is 0.230 e. The first-order valence-corrected chi connectivity index (χ1v) is 6.27. The van der Waals surface area contributed by atoms with E-state index in [-0.39, 0.29) is 5.54 Å². The monoisotopic (exact) mass is 230 g/mol. The Morgan fingerprint density at radius 1 is 1.29 bits per heavy atom. The van der Waals surface area contributed by atoms with E-state index >= 15 is 0 Å². The van der Waals surface area contributed by atoms with Gasteiger partial charge < -0.3 is 10.2 Å². The number of aromatic nitrogens is 1. The van der Waals surface area contributed by atoms with Crippen molar-refractivity contribution in [3.05, 3.63) is 29.2 Å². The van der Waals surface area contributed by atoms with E-state index < -0.39 is 0 Å². The van der Waals surface area contributed by atoms with Crippen molar-refractivity contribution in [2.75, 3.05) is 26.7 Å². The normalized spacial score (nSPS) is 23.3. The SMILES string of the molecule is [C-]#[N+]c1ccc2n1CCN(C)C21CCNCC1. The van der Waals surface area contributed by atoms with Gasteiger partial charge in [-0.05, 0) is 45.1 Å². The number of hydrogen-bond donors (Lipinski definition) is 1. The van der Waals surface area contributed by atoms with Crippen molar-refractivity contribution in [1.82, 2.24) is 14.8 Å². The fourth-order valence-corrected chi connectivity index (χ4v) is 3.33. The third-order valence-electron chi connectivity index (χ3n) is 4.37. The van der Waals surface area contributed by atoms with E-state index in [1.165, 1.54) is 5.69 Å². The molecule has 4 heteroatoms. The minimum Gasteiger partial charge on any atom is -0.364 e. The molecule has 1 fully saturated rings. The molecule has 0 unspecified atom stereocenters. The third-order valence-corrected chi connectivity index (χ3v) is 4.37. The second-order valence-corrected chi connectivity index (χ2v) is 5.04. The van der Waals surface area contributed by atoms with Gasteiger partial charge in [-0.1, -0.05) is 6.57 Å². The fourth-order valence-electron chi connectivity index (χ4n) is 3.33. The molecule has 4 nitrogen and oxygen atoms in total. The lowest BCUT2D eigenvalue weighted by molar-refractivity contribution is 0.0490. The molecule has 0 aromatic carbocycles. The maximum absolute atomic E-state index is 7.23. The van der Waals surface area contributed by atoms with Crippen LogP contribution in [-0.2, 0) is 12.1 Å². The standard InChI is InChI=1S/C13H18N4/c1-14-12-4-3-11-13(5-7-15-8-6-13)16(2)9-10-17(11)12/h3-4,15H,5-10H2,2H3. The maximum Gasteiger partial charge on any atom is 0.230 e. The molecule has 3 rings (SSSR count). The zero-order chi connectivity index (χ0) is 11.9. The van der Waals surface area contributed by atoms with Crippen LogP contribution >= 0.6 is 0 Å². The van der Waals surface area contributed by atoms with Crippen LogP contribution in [0.15, 0.2) is 12.1 Å². The number of piperidine rings is 1. The fraction of sp³-hybridized carbons (Fsp3) is 0.615. The highest BCUT2D eigenvalue weighted by atomic mass is 15.3. The minimum atomic E-state index is 0.159. The van der Waals surface area contributed by atoms with Gasteiger partial charge in [-0.2, -0.15) is 0 Å². The molecule has 1 aromatic heterocycles. The van der Waals surface area contributed by atoms with Gasteiger partial charge in [0.15, 0.2) is 0 Å². The molecule has 1 aromatic rings. The van der Waals surface area contributed by atoms with Crippen LogP contribution in [0.2, 0.25) is 0 Å². The predicted octanol–water partition coefficient (Wildman–Crippen LogP) is 1.56. The molecule has 0 saturated carbocycles. The average Bonchev–Trinajstić information content (AvgIpc) is 2.79. The van der Waals surface area contributed by atoms with Gasteiger partial charge in [0.05, 0.1) is 12.1 Å². The van der Waals surface area contributed by atoms with Crippen LogP contribution in [0.4, 0.5) is 5.82 Å². The molecular weight excluding hydrogens is 212 g/mol. The highest BCUT2D eigenvalue weighted by Crippen LogP contribution is 2.41. The summed E-state index contributed by atoms with van der Waals surface area (Å²) in [7, 11) is 2.22. The van der Waals surface area contributed by atoms with E-state index in [0.717, 1.165) is 44.8 Å². The van der Waals surface area contributed by atoms with Crippen molar-refractivity contribution >= 4 is 5.82 Å². The summed E-state index contributed by atoms with van der Waals surface area (Å²) in [6, 6.07) is 4.14. The van der Waals surface area contributed by atoms with Crippen molar-refractivity contribution in [3.8, 4) is 0 Å². The van der Waals surface area contributed by atoms with Crippen LogP contribution in [0, 0.1) is 6.57 Å². The summed E-state index contributed by atoms with van der Waals surface area (Å²) < 4.78 is 2.22. The van der Waals surface area contributed by atoms with Crippen molar-refractivity contribution in [2.45, 2.75) is 24.9 Å². The van der Waals surface area contributed by atoms with Gasteiger partial charge in [0.2, 0.25) is 5.82 Å². The Morgan fingerprint density at radius 2 is 2.06 bits per heavy atom. The summed E-state index contributed by atoms with van der Waals surface area (Å²) in [5, 5.41) is 3.43. The molecule has 17 heavy (non-hydrogen) atoms. The quantitative estimate of drug-likeness (QED) is 0.684. The number of nitrogens with one attached hydrogen (secondary N) is 1. The van der Waals surface area contributed by atoms with Crippen molar-refractivity contribution in [2.24, 2.45) is 0 Å². The van der Waals surface area contributed by atoms with Gasteiger partial charge in [0.1, 0.15) is 5.69 Å². The Bertz CT molecular complexity index is 462. The van der Waals surface area contributed by atoms with Gasteiger partial charge in [-0.3, -0.25) is 9.47 Å². The Kier molecular flexibility index (Phi) is 2.46. The van der Waals surface area contributed by atoms with Gasteiger partial charge in [0.25, 0.3) is 0 Å². The second kappa shape index (κ2) is 3.86. The zero-order valence-corrected chi connectivity index (χ0v) is 10.2. The first kappa shape index (κ1) is 10.8. The molecule has 0 atom stereocenters. The first-order chi connectivity index (χ1) is 8.28.